The Balaban J connectivity index is 2.42. The van der Waals surface area contributed by atoms with Gasteiger partial charge >= 0.3 is 0 Å². The maximum Gasteiger partial charge on any atom is 0.130 e. The Morgan fingerprint density at radius 1 is 1.22 bits per heavy atom. The third kappa shape index (κ3) is 5.56. The second kappa shape index (κ2) is 6.25. The van der Waals surface area contributed by atoms with Crippen LogP contribution in [0.15, 0.2) is 18.2 Å². The standard InChI is InChI=1S/C14H22F2N2/c1-14(2,3)17-7-8-18(4)10-11-5-6-12(15)9-13(11)16/h5-6,9,17H,7-8,10H2,1-4H3. The molecule has 0 aliphatic heterocycles. The molecule has 0 atom stereocenters. The molecule has 18 heavy (non-hydrogen) atoms. The molecule has 0 bridgehead atoms. The molecule has 2 nitrogen and oxygen atoms in total. The molecule has 0 amide bonds. The van der Waals surface area contributed by atoms with Crippen LogP contribution < -0.4 is 5.32 Å². The van der Waals surface area contributed by atoms with Crippen LogP contribution in [0.1, 0.15) is 26.3 Å². The quantitative estimate of drug-likeness (QED) is 0.871. The maximum atomic E-state index is 13.4. The predicted octanol–water partition coefficient (Wildman–Crippen LogP) is 2.78. The van der Waals surface area contributed by atoms with Gasteiger partial charge in [-0.3, -0.25) is 0 Å². The molecule has 0 saturated heterocycles. The number of likely N-dealkylation sites (N-methyl/N-ethyl adjacent to an activating group) is 1. The molecule has 0 aromatic heterocycles. The Morgan fingerprint density at radius 3 is 2.44 bits per heavy atom. The summed E-state index contributed by atoms with van der Waals surface area (Å²) >= 11 is 0. The van der Waals surface area contributed by atoms with E-state index in [1.165, 1.54) is 12.1 Å². The van der Waals surface area contributed by atoms with E-state index < -0.39 is 11.6 Å². The van der Waals surface area contributed by atoms with Gasteiger partial charge in [0.2, 0.25) is 0 Å². The van der Waals surface area contributed by atoms with Crippen molar-refractivity contribution in [1.29, 1.82) is 0 Å². The van der Waals surface area contributed by atoms with Gasteiger partial charge in [0.05, 0.1) is 0 Å². The topological polar surface area (TPSA) is 15.3 Å². The minimum atomic E-state index is -0.534. The van der Waals surface area contributed by atoms with Crippen LogP contribution in [0.4, 0.5) is 8.78 Å². The fourth-order valence-electron chi connectivity index (χ4n) is 1.64. The number of nitrogens with one attached hydrogen (secondary N) is 1. The molecule has 1 N–H and O–H groups in total. The molecule has 1 rings (SSSR count). The normalized spacial score (nSPS) is 12.2. The number of halogens is 2. The summed E-state index contributed by atoms with van der Waals surface area (Å²) in [6.07, 6.45) is 0. The van der Waals surface area contributed by atoms with Crippen LogP contribution in [-0.2, 0) is 6.54 Å². The van der Waals surface area contributed by atoms with E-state index in [9.17, 15) is 8.78 Å². The Morgan fingerprint density at radius 2 is 1.89 bits per heavy atom. The van der Waals surface area contributed by atoms with Gasteiger partial charge in [-0.2, -0.15) is 0 Å². The Hall–Kier alpha value is -1.00. The minimum absolute atomic E-state index is 0.0853. The van der Waals surface area contributed by atoms with Crippen molar-refractivity contribution in [2.75, 3.05) is 20.1 Å². The van der Waals surface area contributed by atoms with Crippen molar-refractivity contribution >= 4 is 0 Å². The molecular formula is C14H22F2N2. The van der Waals surface area contributed by atoms with Crippen molar-refractivity contribution in [3.8, 4) is 0 Å². The van der Waals surface area contributed by atoms with Gasteiger partial charge in [0, 0.05) is 36.8 Å². The highest BCUT2D eigenvalue weighted by Gasteiger charge is 2.10. The zero-order valence-corrected chi connectivity index (χ0v) is 11.6. The highest BCUT2D eigenvalue weighted by atomic mass is 19.1. The lowest BCUT2D eigenvalue weighted by molar-refractivity contribution is 0.299. The van der Waals surface area contributed by atoms with Gasteiger partial charge in [0.1, 0.15) is 11.6 Å². The first kappa shape index (κ1) is 15.1. The molecule has 1 aromatic rings. The zero-order valence-electron chi connectivity index (χ0n) is 11.6. The predicted molar refractivity (Wildman–Crippen MR) is 70.4 cm³/mol. The summed E-state index contributed by atoms with van der Waals surface area (Å²) in [5, 5.41) is 3.37. The lowest BCUT2D eigenvalue weighted by Gasteiger charge is -2.23. The fourth-order valence-corrected chi connectivity index (χ4v) is 1.64. The summed E-state index contributed by atoms with van der Waals surface area (Å²) in [6.45, 7) is 8.45. The van der Waals surface area contributed by atoms with E-state index in [4.69, 9.17) is 0 Å². The summed E-state index contributed by atoms with van der Waals surface area (Å²) < 4.78 is 26.2. The summed E-state index contributed by atoms with van der Waals surface area (Å²) in [5.74, 6) is -1.01. The number of benzene rings is 1. The molecule has 0 spiro atoms. The third-order valence-corrected chi connectivity index (χ3v) is 2.60. The Labute approximate surface area is 108 Å². The lowest BCUT2D eigenvalue weighted by Crippen LogP contribution is -2.40. The first-order valence-corrected chi connectivity index (χ1v) is 6.15. The Kier molecular flexibility index (Phi) is 5.23. The van der Waals surface area contributed by atoms with E-state index in [1.54, 1.807) is 0 Å². The van der Waals surface area contributed by atoms with Crippen molar-refractivity contribution in [3.05, 3.63) is 35.4 Å². The van der Waals surface area contributed by atoms with Gasteiger partial charge in [-0.15, -0.1) is 0 Å². The average molecular weight is 256 g/mol. The smallest absolute Gasteiger partial charge is 0.130 e. The van der Waals surface area contributed by atoms with E-state index in [2.05, 4.69) is 26.1 Å². The lowest BCUT2D eigenvalue weighted by atomic mass is 10.1. The molecule has 0 heterocycles. The van der Waals surface area contributed by atoms with Gasteiger partial charge in [0.25, 0.3) is 0 Å². The van der Waals surface area contributed by atoms with Crippen LogP contribution in [-0.4, -0.2) is 30.6 Å². The maximum absolute atomic E-state index is 13.4. The summed E-state index contributed by atoms with van der Waals surface area (Å²) in [7, 11) is 1.92. The van der Waals surface area contributed by atoms with Gasteiger partial charge in [-0.05, 0) is 33.9 Å². The molecule has 0 aliphatic carbocycles. The minimum Gasteiger partial charge on any atom is -0.311 e. The summed E-state index contributed by atoms with van der Waals surface area (Å²) in [6, 6.07) is 3.72. The fraction of sp³-hybridized carbons (Fsp3) is 0.571. The molecule has 1 aromatic carbocycles. The first-order chi connectivity index (χ1) is 8.28. The van der Waals surface area contributed by atoms with Crippen LogP contribution >= 0.6 is 0 Å². The average Bonchev–Trinajstić information content (AvgIpc) is 2.20. The van der Waals surface area contributed by atoms with Gasteiger partial charge in [-0.1, -0.05) is 6.07 Å². The van der Waals surface area contributed by atoms with Crippen LogP contribution in [0.25, 0.3) is 0 Å². The highest BCUT2D eigenvalue weighted by Crippen LogP contribution is 2.11. The van der Waals surface area contributed by atoms with Crippen LogP contribution in [0.3, 0.4) is 0 Å². The molecule has 0 aliphatic rings. The number of hydrogen-bond donors (Lipinski definition) is 1. The summed E-state index contributed by atoms with van der Waals surface area (Å²) in [5.41, 5.74) is 0.608. The van der Waals surface area contributed by atoms with Gasteiger partial charge in [0.15, 0.2) is 0 Å². The van der Waals surface area contributed by atoms with E-state index >= 15 is 0 Å². The number of nitrogens with zero attached hydrogens (tertiary/aromatic N) is 1. The SMILES string of the molecule is CN(CCNC(C)(C)C)Cc1ccc(F)cc1F. The van der Waals surface area contributed by atoms with Crippen LogP contribution in [0.2, 0.25) is 0 Å². The van der Waals surface area contributed by atoms with E-state index in [0.29, 0.717) is 12.1 Å². The Bertz CT molecular complexity index is 386. The largest absolute Gasteiger partial charge is 0.311 e. The monoisotopic (exact) mass is 256 g/mol. The number of rotatable bonds is 5. The van der Waals surface area contributed by atoms with E-state index in [1.807, 2.05) is 11.9 Å². The molecule has 0 radical (unpaired) electrons. The van der Waals surface area contributed by atoms with Crippen molar-refractivity contribution in [3.63, 3.8) is 0 Å². The second-order valence-electron chi connectivity index (χ2n) is 5.65. The van der Waals surface area contributed by atoms with Crippen molar-refractivity contribution in [1.82, 2.24) is 10.2 Å². The molecule has 0 saturated carbocycles. The zero-order chi connectivity index (χ0) is 13.8. The molecular weight excluding hydrogens is 234 g/mol. The summed E-state index contributed by atoms with van der Waals surface area (Å²) in [4.78, 5) is 2.01. The van der Waals surface area contributed by atoms with Crippen molar-refractivity contribution in [2.45, 2.75) is 32.9 Å². The van der Waals surface area contributed by atoms with Gasteiger partial charge < -0.3 is 10.2 Å². The second-order valence-corrected chi connectivity index (χ2v) is 5.65. The third-order valence-electron chi connectivity index (χ3n) is 2.60. The highest BCUT2D eigenvalue weighted by molar-refractivity contribution is 5.18. The van der Waals surface area contributed by atoms with Crippen LogP contribution in [0.5, 0.6) is 0 Å². The van der Waals surface area contributed by atoms with E-state index in [-0.39, 0.29) is 5.54 Å². The van der Waals surface area contributed by atoms with Crippen LogP contribution in [0, 0.1) is 11.6 Å². The number of hydrogen-bond acceptors (Lipinski definition) is 2. The van der Waals surface area contributed by atoms with Crippen molar-refractivity contribution in [2.24, 2.45) is 0 Å². The first-order valence-electron chi connectivity index (χ1n) is 6.15. The van der Waals surface area contributed by atoms with E-state index in [0.717, 1.165) is 19.2 Å². The van der Waals surface area contributed by atoms with Gasteiger partial charge in [-0.25, -0.2) is 8.78 Å². The molecule has 102 valence electrons. The molecule has 4 heteroatoms. The van der Waals surface area contributed by atoms with Crippen molar-refractivity contribution < 1.29 is 8.78 Å². The molecule has 0 fully saturated rings. The molecule has 0 unspecified atom stereocenters.